The van der Waals surface area contributed by atoms with E-state index in [1.54, 1.807) is 6.07 Å². The molecule has 0 aliphatic carbocycles. The van der Waals surface area contributed by atoms with Crippen molar-refractivity contribution in [2.75, 3.05) is 0 Å². The fourth-order valence-corrected chi connectivity index (χ4v) is 5.73. The molecule has 0 amide bonds. The quantitative estimate of drug-likeness (QED) is 0.216. The molecule has 0 saturated carbocycles. The third-order valence-corrected chi connectivity index (χ3v) is 8.73. The average molecular weight is 609 g/mol. The first-order valence-electron chi connectivity index (χ1n) is 16.0. The number of phenols is 1. The Bertz CT molecular complexity index is 2050. The van der Waals surface area contributed by atoms with E-state index in [-0.39, 0.29) is 22.0 Å². The summed E-state index contributed by atoms with van der Waals surface area (Å²) in [6.45, 7) is 20.1. The molecule has 0 bridgehead atoms. The van der Waals surface area contributed by atoms with Crippen molar-refractivity contribution in [1.29, 1.82) is 0 Å². The summed E-state index contributed by atoms with van der Waals surface area (Å²) < 4.78 is 6.51. The Labute approximate surface area is 273 Å². The third-order valence-electron chi connectivity index (χ3n) is 8.73. The van der Waals surface area contributed by atoms with Crippen molar-refractivity contribution in [3.8, 4) is 50.7 Å². The van der Waals surface area contributed by atoms with Gasteiger partial charge in [0.1, 0.15) is 11.3 Å². The third kappa shape index (κ3) is 6.22. The van der Waals surface area contributed by atoms with Gasteiger partial charge in [-0.25, -0.2) is 4.98 Å². The Morgan fingerprint density at radius 2 is 1.20 bits per heavy atom. The predicted molar refractivity (Wildman–Crippen MR) is 191 cm³/mol. The normalized spacial score (nSPS) is 12.5. The Morgan fingerprint density at radius 1 is 0.543 bits per heavy atom. The molecule has 2 aromatic heterocycles. The first-order chi connectivity index (χ1) is 21.6. The lowest BCUT2D eigenvalue weighted by molar-refractivity contribution is 0.474. The smallest absolute Gasteiger partial charge is 0.231 e. The van der Waals surface area contributed by atoms with E-state index in [1.165, 1.54) is 11.1 Å². The lowest BCUT2D eigenvalue weighted by Gasteiger charge is -2.23. The maximum Gasteiger partial charge on any atom is 0.231 e. The highest BCUT2D eigenvalue weighted by molar-refractivity contribution is 5.94. The van der Waals surface area contributed by atoms with Crippen molar-refractivity contribution in [3.05, 3.63) is 114 Å². The Kier molecular flexibility index (Phi) is 7.67. The van der Waals surface area contributed by atoms with Gasteiger partial charge in [0.25, 0.3) is 0 Å². The fourth-order valence-electron chi connectivity index (χ4n) is 5.73. The number of oxazole rings is 1. The molecule has 234 valence electrons. The monoisotopic (exact) mass is 608 g/mol. The second kappa shape index (κ2) is 11.3. The number of nitrogens with zero attached hydrogens (tertiary/aromatic N) is 2. The molecule has 0 unspecified atom stereocenters. The maximum atomic E-state index is 11.0. The highest BCUT2D eigenvalue weighted by Gasteiger charge is 2.24. The molecular formula is C42H44N2O2. The van der Waals surface area contributed by atoms with Crippen molar-refractivity contribution < 1.29 is 9.52 Å². The number of phenolic OH excluding ortho intramolecular Hbond substituents is 1. The number of pyridine rings is 1. The molecule has 4 aromatic carbocycles. The van der Waals surface area contributed by atoms with E-state index < -0.39 is 0 Å². The topological polar surface area (TPSA) is 59.2 Å². The molecule has 0 spiro atoms. The Hall–Kier alpha value is -4.70. The van der Waals surface area contributed by atoms with Gasteiger partial charge >= 0.3 is 0 Å². The van der Waals surface area contributed by atoms with Crippen molar-refractivity contribution in [2.45, 2.75) is 78.6 Å². The molecule has 2 heterocycles. The minimum atomic E-state index is -0.127. The molecule has 0 fully saturated rings. The van der Waals surface area contributed by atoms with Gasteiger partial charge in [-0.1, -0.05) is 105 Å². The van der Waals surface area contributed by atoms with Crippen molar-refractivity contribution in [1.82, 2.24) is 9.97 Å². The molecule has 0 atom stereocenters. The zero-order chi connectivity index (χ0) is 33.0. The van der Waals surface area contributed by atoms with Crippen molar-refractivity contribution in [2.24, 2.45) is 0 Å². The van der Waals surface area contributed by atoms with Crippen LogP contribution in [-0.4, -0.2) is 15.1 Å². The van der Waals surface area contributed by atoms with E-state index in [2.05, 4.69) is 117 Å². The molecule has 6 rings (SSSR count). The summed E-state index contributed by atoms with van der Waals surface area (Å²) in [5, 5.41) is 11.0. The second-order valence-corrected chi connectivity index (χ2v) is 15.5. The van der Waals surface area contributed by atoms with Crippen LogP contribution in [-0.2, 0) is 16.2 Å². The van der Waals surface area contributed by atoms with Crippen LogP contribution < -0.4 is 0 Å². The maximum absolute atomic E-state index is 11.0. The minimum absolute atomic E-state index is 0.00977. The zero-order valence-corrected chi connectivity index (χ0v) is 28.5. The van der Waals surface area contributed by atoms with E-state index in [1.807, 2.05) is 36.5 Å². The van der Waals surface area contributed by atoms with Gasteiger partial charge in [-0.3, -0.25) is 4.98 Å². The van der Waals surface area contributed by atoms with Crippen LogP contribution in [0.5, 0.6) is 5.75 Å². The van der Waals surface area contributed by atoms with Crippen LogP contribution in [0.25, 0.3) is 56.1 Å². The number of rotatable bonds is 4. The molecule has 1 N–H and O–H groups in total. The molecular weight excluding hydrogens is 564 g/mol. The standard InChI is InChI=1S/C42H44N2O2/c1-40(2,3)30-17-18-43-35(24-30)29-19-28(20-31(21-29)41(4,5)6)33-23-32(42(7,8)9)25-37-38(33)44-39(46-37)34-22-27(15-16-36(34)45)26-13-11-10-12-14-26/h10-25,45H,1-9H3. The highest BCUT2D eigenvalue weighted by Crippen LogP contribution is 2.41. The van der Waals surface area contributed by atoms with Gasteiger partial charge in [0.15, 0.2) is 5.58 Å². The predicted octanol–water partition coefficient (Wildman–Crippen LogP) is 11.5. The number of benzene rings is 4. The molecule has 0 radical (unpaired) electrons. The van der Waals surface area contributed by atoms with Crippen LogP contribution in [0.1, 0.15) is 79.0 Å². The highest BCUT2D eigenvalue weighted by atomic mass is 16.3. The summed E-state index contributed by atoms with van der Waals surface area (Å²) in [6, 6.07) is 31.2. The van der Waals surface area contributed by atoms with Crippen molar-refractivity contribution in [3.63, 3.8) is 0 Å². The largest absolute Gasteiger partial charge is 0.507 e. The lowest BCUT2D eigenvalue weighted by Crippen LogP contribution is -2.13. The van der Waals surface area contributed by atoms with Crippen LogP contribution in [0, 0.1) is 0 Å². The van der Waals surface area contributed by atoms with Gasteiger partial charge in [-0.2, -0.15) is 0 Å². The van der Waals surface area contributed by atoms with E-state index in [0.717, 1.165) is 44.6 Å². The van der Waals surface area contributed by atoms with Gasteiger partial charge < -0.3 is 9.52 Å². The van der Waals surface area contributed by atoms with Crippen LogP contribution in [0.3, 0.4) is 0 Å². The Balaban J connectivity index is 1.59. The van der Waals surface area contributed by atoms with E-state index >= 15 is 0 Å². The van der Waals surface area contributed by atoms with Crippen LogP contribution in [0.15, 0.2) is 102 Å². The summed E-state index contributed by atoms with van der Waals surface area (Å²) in [7, 11) is 0. The number of aromatic nitrogens is 2. The summed E-state index contributed by atoms with van der Waals surface area (Å²) in [6.07, 6.45) is 1.91. The SMILES string of the molecule is CC(C)(C)c1cc(-c2cc(C(C)(C)C)ccn2)cc(-c2cc(C(C)(C)C)cc3oc(-c4cc(-c5ccccc5)ccc4O)nc23)c1. The molecule has 4 heteroatoms. The van der Waals surface area contributed by atoms with Crippen LogP contribution in [0.2, 0.25) is 0 Å². The summed E-state index contributed by atoms with van der Waals surface area (Å²) in [5.41, 5.74) is 11.5. The van der Waals surface area contributed by atoms with Crippen molar-refractivity contribution >= 4 is 11.1 Å². The van der Waals surface area contributed by atoms with Crippen LogP contribution >= 0.6 is 0 Å². The van der Waals surface area contributed by atoms with E-state index in [4.69, 9.17) is 14.4 Å². The average Bonchev–Trinajstić information content (AvgIpc) is 3.44. The fraction of sp³-hybridized carbons (Fsp3) is 0.286. The molecule has 0 aliphatic rings. The molecule has 46 heavy (non-hydrogen) atoms. The first kappa shape index (κ1) is 31.3. The second-order valence-electron chi connectivity index (χ2n) is 15.5. The lowest BCUT2D eigenvalue weighted by atomic mass is 9.81. The molecule has 0 aliphatic heterocycles. The summed E-state index contributed by atoms with van der Waals surface area (Å²) >= 11 is 0. The van der Waals surface area contributed by atoms with E-state index in [9.17, 15) is 5.11 Å². The molecule has 4 nitrogen and oxygen atoms in total. The molecule has 6 aromatic rings. The van der Waals surface area contributed by atoms with E-state index in [0.29, 0.717) is 17.0 Å². The number of fused-ring (bicyclic) bond motifs is 1. The summed E-state index contributed by atoms with van der Waals surface area (Å²) in [5.74, 6) is 0.523. The minimum Gasteiger partial charge on any atom is -0.507 e. The molecule has 0 saturated heterocycles. The number of hydrogen-bond acceptors (Lipinski definition) is 4. The van der Waals surface area contributed by atoms with Gasteiger partial charge in [0.05, 0.1) is 11.3 Å². The zero-order valence-electron chi connectivity index (χ0n) is 28.5. The van der Waals surface area contributed by atoms with Gasteiger partial charge in [0.2, 0.25) is 5.89 Å². The summed E-state index contributed by atoms with van der Waals surface area (Å²) in [4.78, 5) is 9.90. The number of aromatic hydroxyl groups is 1. The van der Waals surface area contributed by atoms with Gasteiger partial charge in [-0.05, 0) is 98.2 Å². The van der Waals surface area contributed by atoms with Crippen LogP contribution in [0.4, 0.5) is 0 Å². The first-order valence-corrected chi connectivity index (χ1v) is 16.0. The van der Waals surface area contributed by atoms with Gasteiger partial charge in [-0.15, -0.1) is 0 Å². The number of hydrogen-bond donors (Lipinski definition) is 1. The Morgan fingerprint density at radius 3 is 1.87 bits per heavy atom. The van der Waals surface area contributed by atoms with Gasteiger partial charge in [0, 0.05) is 17.3 Å².